The highest BCUT2D eigenvalue weighted by molar-refractivity contribution is 6.30. The maximum Gasteiger partial charge on any atom is 0.330 e. The molecule has 7 nitrogen and oxygen atoms in total. The van der Waals surface area contributed by atoms with Crippen LogP contribution in [-0.4, -0.2) is 22.0 Å². The van der Waals surface area contributed by atoms with Crippen molar-refractivity contribution in [3.63, 3.8) is 0 Å². The number of nitrogens with zero attached hydrogens (tertiary/aromatic N) is 2. The molecule has 0 atom stereocenters. The maximum absolute atomic E-state index is 13.2. The Kier molecular flexibility index (Phi) is 7.89. The van der Waals surface area contributed by atoms with E-state index in [1.165, 1.54) is 9.47 Å². The molecular formula is C24H27ClN4O3. The lowest BCUT2D eigenvalue weighted by atomic mass is 10.1. The first kappa shape index (κ1) is 23.3. The predicted octanol–water partition coefficient (Wildman–Crippen LogP) is 3.59. The minimum Gasteiger partial charge on any atom is -0.383 e. The summed E-state index contributed by atoms with van der Waals surface area (Å²) in [5.41, 5.74) is 6.88. The van der Waals surface area contributed by atoms with E-state index in [0.29, 0.717) is 24.4 Å². The molecular weight excluding hydrogens is 428 g/mol. The Bertz CT molecular complexity index is 1170. The first-order chi connectivity index (χ1) is 15.4. The fourth-order valence-electron chi connectivity index (χ4n) is 3.48. The number of aryl methyl sites for hydroxylation is 1. The third-order valence-corrected chi connectivity index (χ3v) is 5.50. The van der Waals surface area contributed by atoms with Crippen LogP contribution < -0.4 is 21.9 Å². The number of nitrogens with two attached hydrogens (primary N) is 1. The van der Waals surface area contributed by atoms with Gasteiger partial charge in [0.2, 0.25) is 5.91 Å². The fraction of sp³-hybridized carbons (Fsp3) is 0.292. The molecule has 0 saturated heterocycles. The molecule has 0 saturated carbocycles. The van der Waals surface area contributed by atoms with E-state index in [1.54, 1.807) is 12.1 Å². The lowest BCUT2D eigenvalue weighted by Crippen LogP contribution is -2.41. The Morgan fingerprint density at radius 1 is 1.06 bits per heavy atom. The van der Waals surface area contributed by atoms with Crippen LogP contribution in [0.15, 0.2) is 64.2 Å². The van der Waals surface area contributed by atoms with Gasteiger partial charge in [-0.1, -0.05) is 67.4 Å². The van der Waals surface area contributed by atoms with Crippen molar-refractivity contribution in [1.29, 1.82) is 0 Å². The number of H-pyrrole nitrogens is 1. The van der Waals surface area contributed by atoms with E-state index in [4.69, 9.17) is 17.3 Å². The molecule has 3 aromatic rings. The summed E-state index contributed by atoms with van der Waals surface area (Å²) in [6, 6.07) is 16.6. The van der Waals surface area contributed by atoms with Crippen LogP contribution >= 0.6 is 11.6 Å². The largest absolute Gasteiger partial charge is 0.383 e. The van der Waals surface area contributed by atoms with Crippen LogP contribution in [0.1, 0.15) is 37.3 Å². The number of halogens is 1. The number of amides is 1. The number of nitrogens with one attached hydrogen (secondary N) is 1. The van der Waals surface area contributed by atoms with E-state index in [-0.39, 0.29) is 30.4 Å². The molecule has 0 fully saturated rings. The minimum absolute atomic E-state index is 0.0152. The zero-order valence-electron chi connectivity index (χ0n) is 18.0. The Balaban J connectivity index is 1.92. The van der Waals surface area contributed by atoms with E-state index >= 15 is 0 Å². The summed E-state index contributed by atoms with van der Waals surface area (Å²) in [5, 5.41) is 0.629. The molecule has 0 spiro atoms. The van der Waals surface area contributed by atoms with Gasteiger partial charge in [0.05, 0.1) is 6.54 Å². The van der Waals surface area contributed by atoms with Crippen LogP contribution in [0.2, 0.25) is 5.02 Å². The van der Waals surface area contributed by atoms with Crippen molar-refractivity contribution in [3.05, 3.63) is 91.6 Å². The molecule has 32 heavy (non-hydrogen) atoms. The molecule has 3 N–H and O–H groups in total. The topological polar surface area (TPSA) is 101 Å². The van der Waals surface area contributed by atoms with E-state index in [2.05, 4.69) is 4.98 Å². The molecule has 8 heteroatoms. The first-order valence-corrected chi connectivity index (χ1v) is 11.0. The number of nitrogen functional groups attached to an aromatic ring is 1. The molecule has 1 heterocycles. The average molecular weight is 455 g/mol. The molecule has 0 radical (unpaired) electrons. The number of rotatable bonds is 9. The number of hydrogen-bond acceptors (Lipinski definition) is 4. The molecule has 0 bridgehead atoms. The van der Waals surface area contributed by atoms with Crippen LogP contribution in [0.3, 0.4) is 0 Å². The molecule has 1 amide bonds. The second kappa shape index (κ2) is 10.8. The van der Waals surface area contributed by atoms with Gasteiger partial charge in [0.15, 0.2) is 5.69 Å². The zero-order chi connectivity index (χ0) is 23.1. The van der Waals surface area contributed by atoms with Crippen molar-refractivity contribution in [3.8, 4) is 0 Å². The van der Waals surface area contributed by atoms with E-state index in [9.17, 15) is 14.4 Å². The summed E-state index contributed by atoms with van der Waals surface area (Å²) >= 11 is 5.93. The van der Waals surface area contributed by atoms with Crippen molar-refractivity contribution in [2.45, 2.75) is 39.2 Å². The Hall–Kier alpha value is -3.32. The van der Waals surface area contributed by atoms with Crippen molar-refractivity contribution in [1.82, 2.24) is 9.55 Å². The van der Waals surface area contributed by atoms with E-state index < -0.39 is 11.2 Å². The average Bonchev–Trinajstić information content (AvgIpc) is 2.79. The van der Waals surface area contributed by atoms with Crippen LogP contribution in [0.25, 0.3) is 0 Å². The van der Waals surface area contributed by atoms with Gasteiger partial charge in [0.1, 0.15) is 5.82 Å². The summed E-state index contributed by atoms with van der Waals surface area (Å²) in [6.07, 6.45) is 2.23. The minimum atomic E-state index is -0.659. The highest BCUT2D eigenvalue weighted by Gasteiger charge is 2.23. The smallest absolute Gasteiger partial charge is 0.330 e. The van der Waals surface area contributed by atoms with Crippen LogP contribution in [0, 0.1) is 0 Å². The van der Waals surface area contributed by atoms with Gasteiger partial charge in [-0.25, -0.2) is 4.79 Å². The monoisotopic (exact) mass is 454 g/mol. The van der Waals surface area contributed by atoms with Gasteiger partial charge >= 0.3 is 5.69 Å². The normalized spacial score (nSPS) is 10.8. The molecule has 0 aliphatic rings. The van der Waals surface area contributed by atoms with Crippen molar-refractivity contribution in [2.75, 3.05) is 17.2 Å². The highest BCUT2D eigenvalue weighted by Crippen LogP contribution is 2.20. The lowest BCUT2D eigenvalue weighted by Gasteiger charge is -2.24. The third kappa shape index (κ3) is 5.68. The van der Waals surface area contributed by atoms with Gasteiger partial charge in [-0.05, 0) is 36.1 Å². The first-order valence-electron chi connectivity index (χ1n) is 10.6. The van der Waals surface area contributed by atoms with E-state index in [1.807, 2.05) is 49.4 Å². The summed E-state index contributed by atoms with van der Waals surface area (Å²) in [5.74, 6) is -0.242. The molecule has 1 aromatic heterocycles. The fourth-order valence-corrected chi connectivity index (χ4v) is 3.60. The Morgan fingerprint density at radius 3 is 2.41 bits per heavy atom. The van der Waals surface area contributed by atoms with E-state index in [0.717, 1.165) is 17.5 Å². The van der Waals surface area contributed by atoms with Crippen LogP contribution in [0.5, 0.6) is 0 Å². The van der Waals surface area contributed by atoms with Crippen LogP contribution in [-0.2, 0) is 17.8 Å². The van der Waals surface area contributed by atoms with Crippen LogP contribution in [0.4, 0.5) is 11.5 Å². The van der Waals surface area contributed by atoms with Gasteiger partial charge in [0, 0.05) is 18.0 Å². The second-order valence-corrected chi connectivity index (χ2v) is 8.03. The second-order valence-electron chi connectivity index (χ2n) is 7.59. The predicted molar refractivity (Wildman–Crippen MR) is 128 cm³/mol. The van der Waals surface area contributed by atoms with Gasteiger partial charge in [-0.2, -0.15) is 0 Å². The number of anilines is 2. The summed E-state index contributed by atoms with van der Waals surface area (Å²) in [6.45, 7) is 2.53. The van der Waals surface area contributed by atoms with Gasteiger partial charge in [-0.15, -0.1) is 0 Å². The third-order valence-electron chi connectivity index (χ3n) is 5.24. The van der Waals surface area contributed by atoms with Gasteiger partial charge < -0.3 is 10.6 Å². The maximum atomic E-state index is 13.2. The molecule has 0 aliphatic heterocycles. The molecule has 3 rings (SSSR count). The molecule has 2 aromatic carbocycles. The van der Waals surface area contributed by atoms with Crippen molar-refractivity contribution in [2.24, 2.45) is 0 Å². The number of unbranched alkanes of at least 4 members (excludes halogenated alkanes) is 1. The Morgan fingerprint density at radius 2 is 1.75 bits per heavy atom. The SMILES string of the molecule is CCCCN(C(=O)CCc1ccc(Cl)cc1)c1c(N)n(Cc2ccccc2)c(=O)[nH]c1=O. The lowest BCUT2D eigenvalue weighted by molar-refractivity contribution is -0.118. The molecule has 0 unspecified atom stereocenters. The standard InChI is InChI=1S/C24H27ClN4O3/c1-2-3-15-28(20(30)14-11-17-9-12-19(25)13-10-17)21-22(26)29(24(32)27-23(21)31)16-18-7-5-4-6-8-18/h4-10,12-13H,2-3,11,14-16,26H2,1H3,(H,27,31,32). The number of benzene rings is 2. The molecule has 168 valence electrons. The summed E-state index contributed by atoms with van der Waals surface area (Å²) in [7, 11) is 0. The van der Waals surface area contributed by atoms with Crippen molar-refractivity contribution >= 4 is 29.0 Å². The number of carbonyl (C=O) groups excluding carboxylic acids is 1. The number of aromatic nitrogens is 2. The number of aromatic amines is 1. The number of carbonyl (C=O) groups is 1. The summed E-state index contributed by atoms with van der Waals surface area (Å²) < 4.78 is 1.29. The Labute approximate surface area is 191 Å². The van der Waals surface area contributed by atoms with Gasteiger partial charge in [-0.3, -0.25) is 19.1 Å². The quantitative estimate of drug-likeness (QED) is 0.515. The van der Waals surface area contributed by atoms with Gasteiger partial charge in [0.25, 0.3) is 5.56 Å². The number of hydrogen-bond donors (Lipinski definition) is 2. The van der Waals surface area contributed by atoms with Crippen molar-refractivity contribution < 1.29 is 4.79 Å². The summed E-state index contributed by atoms with van der Waals surface area (Å²) in [4.78, 5) is 42.1. The molecule has 0 aliphatic carbocycles. The zero-order valence-corrected chi connectivity index (χ0v) is 18.8. The highest BCUT2D eigenvalue weighted by atomic mass is 35.5.